The predicted molar refractivity (Wildman–Crippen MR) is 82.3 cm³/mol. The predicted octanol–water partition coefficient (Wildman–Crippen LogP) is 5.39. The normalized spacial score (nSPS) is 11.0. The second kappa shape index (κ2) is 6.17. The fourth-order valence-corrected chi connectivity index (χ4v) is 2.86. The molecule has 2 nitrogen and oxygen atoms in total. The molecule has 0 aliphatic carbocycles. The van der Waals surface area contributed by atoms with Crippen LogP contribution in [0.3, 0.4) is 0 Å². The van der Waals surface area contributed by atoms with Crippen LogP contribution in [0.5, 0.6) is 0 Å². The summed E-state index contributed by atoms with van der Waals surface area (Å²) < 4.78 is 1.83. The van der Waals surface area contributed by atoms with Crippen molar-refractivity contribution in [1.29, 1.82) is 0 Å². The number of hydrogen-bond donors (Lipinski definition) is 0. The van der Waals surface area contributed by atoms with Gasteiger partial charge in [0.25, 0.3) is 0 Å². The molecule has 19 heavy (non-hydrogen) atoms. The molecule has 0 aliphatic heterocycles. The van der Waals surface area contributed by atoms with Gasteiger partial charge < -0.3 is 0 Å². The fraction of sp³-hybridized carbons (Fsp3) is 0.357. The molecule has 0 atom stereocenters. The van der Waals surface area contributed by atoms with Crippen molar-refractivity contribution < 1.29 is 0 Å². The third kappa shape index (κ3) is 3.07. The maximum Gasteiger partial charge on any atom is 0.113 e. The maximum absolute atomic E-state index is 6.44. The van der Waals surface area contributed by atoms with E-state index in [-0.39, 0.29) is 0 Å². The van der Waals surface area contributed by atoms with Crippen molar-refractivity contribution in [3.05, 3.63) is 39.0 Å². The van der Waals surface area contributed by atoms with Crippen molar-refractivity contribution in [2.24, 2.45) is 7.05 Å². The van der Waals surface area contributed by atoms with E-state index < -0.39 is 0 Å². The van der Waals surface area contributed by atoms with Crippen LogP contribution in [-0.4, -0.2) is 9.78 Å². The quantitative estimate of drug-likeness (QED) is 0.739. The largest absolute Gasteiger partial charge is 0.270 e. The first-order valence-corrected chi connectivity index (χ1v) is 7.34. The van der Waals surface area contributed by atoms with Gasteiger partial charge in [0.05, 0.1) is 15.7 Å². The van der Waals surface area contributed by atoms with Gasteiger partial charge in [-0.15, -0.1) is 0 Å². The first-order chi connectivity index (χ1) is 9.04. The Hall–Kier alpha value is -0.700. The minimum absolute atomic E-state index is 0.564. The zero-order chi connectivity index (χ0) is 14.0. The summed E-state index contributed by atoms with van der Waals surface area (Å²) in [5.74, 6) is 0. The Morgan fingerprint density at radius 2 is 1.95 bits per heavy atom. The Bertz CT molecular complexity index is 591. The van der Waals surface area contributed by atoms with Crippen LogP contribution in [0.2, 0.25) is 15.1 Å². The van der Waals surface area contributed by atoms with Gasteiger partial charge in [-0.25, -0.2) is 0 Å². The lowest BCUT2D eigenvalue weighted by molar-refractivity contribution is 0.678. The molecule has 0 unspecified atom stereocenters. The highest BCUT2D eigenvalue weighted by Crippen LogP contribution is 2.35. The summed E-state index contributed by atoms with van der Waals surface area (Å²) >= 11 is 18.6. The lowest BCUT2D eigenvalue weighted by Crippen LogP contribution is -1.98. The Balaban J connectivity index is 2.45. The van der Waals surface area contributed by atoms with Gasteiger partial charge in [-0.2, -0.15) is 5.10 Å². The van der Waals surface area contributed by atoms with Gasteiger partial charge in [-0.3, -0.25) is 4.68 Å². The van der Waals surface area contributed by atoms with E-state index in [2.05, 4.69) is 12.0 Å². The number of benzene rings is 1. The highest BCUT2D eigenvalue weighted by atomic mass is 35.5. The minimum Gasteiger partial charge on any atom is -0.270 e. The zero-order valence-corrected chi connectivity index (χ0v) is 13.1. The van der Waals surface area contributed by atoms with E-state index in [0.29, 0.717) is 15.1 Å². The maximum atomic E-state index is 6.44. The number of nitrogens with zero attached hydrogens (tertiary/aromatic N) is 2. The van der Waals surface area contributed by atoms with Gasteiger partial charge >= 0.3 is 0 Å². The van der Waals surface area contributed by atoms with Crippen LogP contribution in [0.1, 0.15) is 25.5 Å². The second-order valence-electron chi connectivity index (χ2n) is 4.46. The number of rotatable bonds is 4. The Morgan fingerprint density at radius 3 is 2.58 bits per heavy atom. The third-order valence-corrected chi connectivity index (χ3v) is 4.00. The van der Waals surface area contributed by atoms with Crippen molar-refractivity contribution in [2.45, 2.75) is 26.2 Å². The summed E-state index contributed by atoms with van der Waals surface area (Å²) in [6.07, 6.45) is 3.13. The number of hydrogen-bond acceptors (Lipinski definition) is 1. The topological polar surface area (TPSA) is 17.8 Å². The van der Waals surface area contributed by atoms with Crippen LogP contribution in [-0.2, 0) is 13.5 Å². The van der Waals surface area contributed by atoms with E-state index in [9.17, 15) is 0 Å². The molecule has 0 aliphatic rings. The summed E-state index contributed by atoms with van der Waals surface area (Å²) in [4.78, 5) is 0. The standard InChI is InChI=1S/C14H15Cl3N2/c1-3-4-5-12-13(17)14(18-19(12)2)10-7-6-9(15)8-11(10)16/h6-8H,3-5H2,1-2H3. The van der Waals surface area contributed by atoms with Crippen LogP contribution >= 0.6 is 34.8 Å². The monoisotopic (exact) mass is 316 g/mol. The highest BCUT2D eigenvalue weighted by Gasteiger charge is 2.17. The molecule has 5 heteroatoms. The molecule has 1 aromatic carbocycles. The summed E-state index contributed by atoms with van der Waals surface area (Å²) in [5.41, 5.74) is 2.58. The molecule has 2 rings (SSSR count). The first kappa shape index (κ1) is 14.7. The number of unbranched alkanes of at least 4 members (excludes halogenated alkanes) is 1. The summed E-state index contributed by atoms with van der Waals surface area (Å²) in [6.45, 7) is 2.15. The van der Waals surface area contributed by atoms with Crippen molar-refractivity contribution in [2.75, 3.05) is 0 Å². The summed E-state index contributed by atoms with van der Waals surface area (Å²) in [6, 6.07) is 5.34. The molecule has 1 heterocycles. The van der Waals surface area contributed by atoms with Gasteiger partial charge in [0.1, 0.15) is 5.69 Å². The molecule has 0 N–H and O–H groups in total. The number of aryl methyl sites for hydroxylation is 1. The van der Waals surface area contributed by atoms with Gasteiger partial charge in [0.2, 0.25) is 0 Å². The zero-order valence-electron chi connectivity index (χ0n) is 10.9. The molecule has 102 valence electrons. The van der Waals surface area contributed by atoms with E-state index in [4.69, 9.17) is 34.8 Å². The third-order valence-electron chi connectivity index (χ3n) is 3.06. The second-order valence-corrected chi connectivity index (χ2v) is 5.68. The van der Waals surface area contributed by atoms with Crippen LogP contribution in [0, 0.1) is 0 Å². The minimum atomic E-state index is 0.564. The van der Waals surface area contributed by atoms with Gasteiger partial charge in [-0.05, 0) is 31.0 Å². The van der Waals surface area contributed by atoms with E-state index in [1.54, 1.807) is 12.1 Å². The van der Waals surface area contributed by atoms with Gasteiger partial charge in [-0.1, -0.05) is 48.1 Å². The lowest BCUT2D eigenvalue weighted by Gasteiger charge is -2.02. The smallest absolute Gasteiger partial charge is 0.113 e. The highest BCUT2D eigenvalue weighted by molar-refractivity contribution is 6.38. The average Bonchev–Trinajstić information content (AvgIpc) is 2.63. The van der Waals surface area contributed by atoms with Crippen molar-refractivity contribution >= 4 is 34.8 Å². The van der Waals surface area contributed by atoms with E-state index >= 15 is 0 Å². The molecule has 0 saturated heterocycles. The molecule has 0 saturated carbocycles. The van der Waals surface area contributed by atoms with Crippen molar-refractivity contribution in [3.8, 4) is 11.3 Å². The molecule has 0 amide bonds. The molecular formula is C14H15Cl3N2. The van der Waals surface area contributed by atoms with Gasteiger partial charge in [0.15, 0.2) is 0 Å². The van der Waals surface area contributed by atoms with Crippen LogP contribution in [0.25, 0.3) is 11.3 Å². The van der Waals surface area contributed by atoms with Crippen LogP contribution in [0.15, 0.2) is 18.2 Å². The van der Waals surface area contributed by atoms with Crippen LogP contribution in [0.4, 0.5) is 0 Å². The van der Waals surface area contributed by atoms with Gasteiger partial charge in [0, 0.05) is 17.6 Å². The lowest BCUT2D eigenvalue weighted by atomic mass is 10.1. The van der Waals surface area contributed by atoms with E-state index in [0.717, 1.165) is 36.2 Å². The molecule has 0 fully saturated rings. The molecular weight excluding hydrogens is 303 g/mol. The molecule has 1 aromatic heterocycles. The molecule has 0 spiro atoms. The molecule has 2 aromatic rings. The molecule has 0 radical (unpaired) electrons. The van der Waals surface area contributed by atoms with Crippen LogP contribution < -0.4 is 0 Å². The average molecular weight is 318 g/mol. The Labute approximate surface area is 128 Å². The summed E-state index contributed by atoms with van der Waals surface area (Å²) in [5, 5.41) is 6.33. The SMILES string of the molecule is CCCCc1c(Cl)c(-c2ccc(Cl)cc2Cl)nn1C. The summed E-state index contributed by atoms with van der Waals surface area (Å²) in [7, 11) is 1.91. The van der Waals surface area contributed by atoms with Crippen molar-refractivity contribution in [3.63, 3.8) is 0 Å². The van der Waals surface area contributed by atoms with E-state index in [1.807, 2.05) is 17.8 Å². The number of aromatic nitrogens is 2. The number of halogens is 3. The molecule has 0 bridgehead atoms. The van der Waals surface area contributed by atoms with E-state index in [1.165, 1.54) is 0 Å². The first-order valence-electron chi connectivity index (χ1n) is 6.21. The Kier molecular flexibility index (Phi) is 4.77. The van der Waals surface area contributed by atoms with Crippen molar-refractivity contribution in [1.82, 2.24) is 9.78 Å². The fourth-order valence-electron chi connectivity index (χ4n) is 2.00. The Morgan fingerprint density at radius 1 is 1.21 bits per heavy atom.